The molecule has 4 rings (SSSR count). The molecule has 0 saturated carbocycles. The molecular formula is C21H22N2O3. The van der Waals surface area contributed by atoms with Crippen LogP contribution >= 0.6 is 0 Å². The minimum atomic E-state index is -0.503. The smallest absolute Gasteiger partial charge is 0.248 e. The Kier molecular flexibility index (Phi) is 4.24. The van der Waals surface area contributed by atoms with Crippen molar-refractivity contribution >= 4 is 11.8 Å². The van der Waals surface area contributed by atoms with Crippen molar-refractivity contribution in [1.82, 2.24) is 4.90 Å². The van der Waals surface area contributed by atoms with Crippen molar-refractivity contribution in [3.63, 3.8) is 0 Å². The molecule has 5 nitrogen and oxygen atoms in total. The Hall–Kier alpha value is -2.66. The first-order valence-electron chi connectivity index (χ1n) is 8.97. The van der Waals surface area contributed by atoms with Gasteiger partial charge in [0, 0.05) is 12.1 Å². The van der Waals surface area contributed by atoms with Crippen LogP contribution in [0.3, 0.4) is 0 Å². The van der Waals surface area contributed by atoms with Gasteiger partial charge in [0.15, 0.2) is 0 Å². The molecule has 2 heterocycles. The zero-order chi connectivity index (χ0) is 18.1. The van der Waals surface area contributed by atoms with E-state index in [2.05, 4.69) is 12.1 Å². The van der Waals surface area contributed by atoms with E-state index in [4.69, 9.17) is 10.5 Å². The lowest BCUT2D eigenvalue weighted by Crippen LogP contribution is -2.49. The maximum absolute atomic E-state index is 12.9. The Morgan fingerprint density at radius 2 is 1.88 bits per heavy atom. The minimum Gasteiger partial charge on any atom is -0.366 e. The standard InChI is InChI=1S/C21H22N2O3/c22-20(25)17-8-3-1-6-15(17)12-19(24)23-11-5-10-21(14-23)18-9-4-2-7-16(18)13-26-21/h1-4,6-9H,5,10-14H2,(H2,22,25). The summed E-state index contributed by atoms with van der Waals surface area (Å²) in [5, 5.41) is 0. The lowest BCUT2D eigenvalue weighted by atomic mass is 9.85. The van der Waals surface area contributed by atoms with Gasteiger partial charge < -0.3 is 15.4 Å². The maximum atomic E-state index is 12.9. The van der Waals surface area contributed by atoms with Gasteiger partial charge >= 0.3 is 0 Å². The van der Waals surface area contributed by atoms with Gasteiger partial charge in [-0.1, -0.05) is 42.5 Å². The number of primary amides is 1. The van der Waals surface area contributed by atoms with Gasteiger partial charge in [-0.15, -0.1) is 0 Å². The van der Waals surface area contributed by atoms with Crippen LogP contribution in [0.4, 0.5) is 0 Å². The number of fused-ring (bicyclic) bond motifs is 2. The van der Waals surface area contributed by atoms with Crippen LogP contribution in [0, 0.1) is 0 Å². The van der Waals surface area contributed by atoms with Crippen molar-refractivity contribution < 1.29 is 14.3 Å². The highest BCUT2D eigenvalue weighted by molar-refractivity contribution is 5.95. The summed E-state index contributed by atoms with van der Waals surface area (Å²) in [7, 11) is 0. The van der Waals surface area contributed by atoms with Crippen molar-refractivity contribution in [3.8, 4) is 0 Å². The van der Waals surface area contributed by atoms with E-state index in [9.17, 15) is 9.59 Å². The highest BCUT2D eigenvalue weighted by atomic mass is 16.5. The van der Waals surface area contributed by atoms with Crippen LogP contribution in [-0.2, 0) is 28.2 Å². The Balaban J connectivity index is 1.54. The predicted molar refractivity (Wildman–Crippen MR) is 97.4 cm³/mol. The van der Waals surface area contributed by atoms with Gasteiger partial charge in [-0.25, -0.2) is 0 Å². The number of hydrogen-bond acceptors (Lipinski definition) is 3. The molecule has 1 atom stereocenters. The highest BCUT2D eigenvalue weighted by Gasteiger charge is 2.44. The van der Waals surface area contributed by atoms with Gasteiger partial charge in [0.05, 0.1) is 19.6 Å². The number of hydrogen-bond donors (Lipinski definition) is 1. The molecule has 0 aromatic heterocycles. The summed E-state index contributed by atoms with van der Waals surface area (Å²) in [6.45, 7) is 1.87. The number of nitrogens with zero attached hydrogens (tertiary/aromatic N) is 1. The monoisotopic (exact) mass is 350 g/mol. The van der Waals surface area contributed by atoms with Gasteiger partial charge in [0.2, 0.25) is 11.8 Å². The fourth-order valence-corrected chi connectivity index (χ4v) is 4.15. The van der Waals surface area contributed by atoms with E-state index >= 15 is 0 Å². The van der Waals surface area contributed by atoms with Crippen molar-refractivity contribution in [2.24, 2.45) is 5.73 Å². The van der Waals surface area contributed by atoms with E-state index in [0.717, 1.165) is 12.8 Å². The SMILES string of the molecule is NC(=O)c1ccccc1CC(=O)N1CCCC2(C1)OCc1ccccc12. The molecular weight excluding hydrogens is 328 g/mol. The Morgan fingerprint density at radius 1 is 1.12 bits per heavy atom. The molecule has 2 N–H and O–H groups in total. The second kappa shape index (κ2) is 6.57. The van der Waals surface area contributed by atoms with Crippen molar-refractivity contribution in [2.75, 3.05) is 13.1 Å². The average molecular weight is 350 g/mol. The van der Waals surface area contributed by atoms with Crippen molar-refractivity contribution in [1.29, 1.82) is 0 Å². The van der Waals surface area contributed by atoms with E-state index in [0.29, 0.717) is 30.8 Å². The molecule has 1 saturated heterocycles. The molecule has 0 bridgehead atoms. The highest BCUT2D eigenvalue weighted by Crippen LogP contribution is 2.42. The van der Waals surface area contributed by atoms with Gasteiger partial charge in [-0.05, 0) is 35.6 Å². The number of carbonyl (C=O) groups excluding carboxylic acids is 2. The van der Waals surface area contributed by atoms with E-state index in [1.54, 1.807) is 18.2 Å². The molecule has 2 amide bonds. The first kappa shape index (κ1) is 16.8. The summed E-state index contributed by atoms with van der Waals surface area (Å²) in [6.07, 6.45) is 2.00. The van der Waals surface area contributed by atoms with Crippen LogP contribution in [-0.4, -0.2) is 29.8 Å². The molecule has 1 spiro atoms. The summed E-state index contributed by atoms with van der Waals surface area (Å²) in [5.41, 5.74) is 8.54. The molecule has 2 aliphatic rings. The number of ether oxygens (including phenoxy) is 1. The number of piperidine rings is 1. The second-order valence-corrected chi connectivity index (χ2v) is 7.06. The molecule has 134 valence electrons. The van der Waals surface area contributed by atoms with Gasteiger partial charge in [-0.3, -0.25) is 9.59 Å². The Bertz CT molecular complexity index is 860. The largest absolute Gasteiger partial charge is 0.366 e. The third-order valence-corrected chi connectivity index (χ3v) is 5.44. The molecule has 5 heteroatoms. The van der Waals surface area contributed by atoms with Crippen molar-refractivity contribution in [2.45, 2.75) is 31.5 Å². The summed E-state index contributed by atoms with van der Waals surface area (Å²) in [4.78, 5) is 26.4. The second-order valence-electron chi connectivity index (χ2n) is 7.06. The fraction of sp³-hybridized carbons (Fsp3) is 0.333. The first-order valence-corrected chi connectivity index (χ1v) is 8.97. The average Bonchev–Trinajstić information content (AvgIpc) is 3.00. The molecule has 2 aromatic carbocycles. The molecule has 1 fully saturated rings. The lowest BCUT2D eigenvalue weighted by molar-refractivity contribution is -0.142. The third-order valence-electron chi connectivity index (χ3n) is 5.44. The van der Waals surface area contributed by atoms with Crippen LogP contribution < -0.4 is 5.73 Å². The predicted octanol–water partition coefficient (Wildman–Crippen LogP) is 2.38. The number of rotatable bonds is 3. The van der Waals surface area contributed by atoms with Gasteiger partial charge in [-0.2, -0.15) is 0 Å². The Morgan fingerprint density at radius 3 is 2.73 bits per heavy atom. The fourth-order valence-electron chi connectivity index (χ4n) is 4.15. The number of carbonyl (C=O) groups is 2. The third kappa shape index (κ3) is 2.88. The minimum absolute atomic E-state index is 0.00533. The summed E-state index contributed by atoms with van der Waals surface area (Å²) < 4.78 is 6.18. The van der Waals surface area contributed by atoms with E-state index < -0.39 is 11.5 Å². The Labute approximate surface area is 152 Å². The van der Waals surface area contributed by atoms with Crippen LogP contribution in [0.5, 0.6) is 0 Å². The van der Waals surface area contributed by atoms with E-state index in [1.807, 2.05) is 23.1 Å². The van der Waals surface area contributed by atoms with Crippen molar-refractivity contribution in [3.05, 3.63) is 70.8 Å². The zero-order valence-corrected chi connectivity index (χ0v) is 14.6. The lowest BCUT2D eigenvalue weighted by Gasteiger charge is -2.40. The number of likely N-dealkylation sites (tertiary alicyclic amines) is 1. The topological polar surface area (TPSA) is 72.6 Å². The maximum Gasteiger partial charge on any atom is 0.248 e. The quantitative estimate of drug-likeness (QED) is 0.924. The summed E-state index contributed by atoms with van der Waals surface area (Å²) in [5.74, 6) is -0.498. The van der Waals surface area contributed by atoms with Gasteiger partial charge in [0.25, 0.3) is 0 Å². The first-order chi connectivity index (χ1) is 12.6. The molecule has 0 aliphatic carbocycles. The summed E-state index contributed by atoms with van der Waals surface area (Å²) in [6, 6.07) is 15.3. The molecule has 2 aliphatic heterocycles. The van der Waals surface area contributed by atoms with E-state index in [1.165, 1.54) is 11.1 Å². The summed E-state index contributed by atoms with van der Waals surface area (Å²) >= 11 is 0. The number of benzene rings is 2. The number of amides is 2. The zero-order valence-electron chi connectivity index (χ0n) is 14.6. The van der Waals surface area contributed by atoms with E-state index in [-0.39, 0.29) is 12.3 Å². The van der Waals surface area contributed by atoms with Crippen LogP contribution in [0.25, 0.3) is 0 Å². The molecule has 26 heavy (non-hydrogen) atoms. The molecule has 0 radical (unpaired) electrons. The van der Waals surface area contributed by atoms with Gasteiger partial charge in [0.1, 0.15) is 5.60 Å². The number of nitrogens with two attached hydrogens (primary N) is 1. The van der Waals surface area contributed by atoms with Crippen LogP contribution in [0.2, 0.25) is 0 Å². The normalized spacial score (nSPS) is 21.6. The van der Waals surface area contributed by atoms with Crippen LogP contribution in [0.1, 0.15) is 39.9 Å². The molecule has 1 unspecified atom stereocenters. The van der Waals surface area contributed by atoms with Crippen LogP contribution in [0.15, 0.2) is 48.5 Å². The molecule has 2 aromatic rings.